The van der Waals surface area contributed by atoms with Gasteiger partial charge in [0, 0.05) is 13.0 Å². The number of ether oxygens (including phenoxy) is 2. The van der Waals surface area contributed by atoms with Crippen molar-refractivity contribution in [3.63, 3.8) is 0 Å². The van der Waals surface area contributed by atoms with Gasteiger partial charge in [0.2, 0.25) is 5.91 Å². The van der Waals surface area contributed by atoms with Gasteiger partial charge in [0.05, 0.1) is 17.8 Å². The number of hydrogen-bond donors (Lipinski definition) is 2. The third kappa shape index (κ3) is 3.62. The first-order valence-electron chi connectivity index (χ1n) is 8.99. The molecular formula is C20H19N3O5. The molecule has 8 heteroatoms. The second-order valence-corrected chi connectivity index (χ2v) is 6.48. The molecule has 2 N–H and O–H groups in total. The van der Waals surface area contributed by atoms with Crippen LogP contribution in [0.5, 0.6) is 11.5 Å². The lowest BCUT2D eigenvalue weighted by atomic mass is 10.1. The van der Waals surface area contributed by atoms with E-state index >= 15 is 0 Å². The molecule has 0 aromatic heterocycles. The molecule has 0 aliphatic carbocycles. The number of imide groups is 1. The zero-order chi connectivity index (χ0) is 19.5. The Balaban J connectivity index is 1.43. The highest BCUT2D eigenvalue weighted by Gasteiger charge is 2.28. The number of nitrogens with zero attached hydrogens (tertiary/aromatic N) is 1. The summed E-state index contributed by atoms with van der Waals surface area (Å²) < 4.78 is 11.5. The van der Waals surface area contributed by atoms with Gasteiger partial charge in [0.1, 0.15) is 12.7 Å². The SMILES string of the molecule is O=C1CCN(c2ccccc2C(=O)NCC2COc3ccccc3O2)C(=O)N1. The average Bonchev–Trinajstić information content (AvgIpc) is 2.72. The van der Waals surface area contributed by atoms with Crippen LogP contribution in [0.1, 0.15) is 16.8 Å². The lowest BCUT2D eigenvalue weighted by Crippen LogP contribution is -2.50. The van der Waals surface area contributed by atoms with Gasteiger partial charge in [0.25, 0.3) is 5.91 Å². The number of carbonyl (C=O) groups excluding carboxylic acids is 3. The number of amides is 4. The molecule has 2 aliphatic heterocycles. The molecule has 4 amide bonds. The summed E-state index contributed by atoms with van der Waals surface area (Å²) in [6.45, 7) is 0.813. The van der Waals surface area contributed by atoms with E-state index in [0.29, 0.717) is 29.4 Å². The summed E-state index contributed by atoms with van der Waals surface area (Å²) in [5, 5.41) is 5.10. The monoisotopic (exact) mass is 381 g/mol. The molecular weight excluding hydrogens is 362 g/mol. The fraction of sp³-hybridized carbons (Fsp3) is 0.250. The Kier molecular flexibility index (Phi) is 4.84. The van der Waals surface area contributed by atoms with Crippen molar-refractivity contribution >= 4 is 23.5 Å². The minimum atomic E-state index is -0.530. The van der Waals surface area contributed by atoms with Crippen LogP contribution in [0.2, 0.25) is 0 Å². The number of carbonyl (C=O) groups is 3. The van der Waals surface area contributed by atoms with Gasteiger partial charge in [-0.15, -0.1) is 0 Å². The highest BCUT2D eigenvalue weighted by Crippen LogP contribution is 2.30. The van der Waals surface area contributed by atoms with Crippen molar-refractivity contribution in [2.24, 2.45) is 0 Å². The average molecular weight is 381 g/mol. The summed E-state index contributed by atoms with van der Waals surface area (Å²) in [6.07, 6.45) is -0.129. The van der Waals surface area contributed by atoms with E-state index in [1.54, 1.807) is 24.3 Å². The molecule has 28 heavy (non-hydrogen) atoms. The van der Waals surface area contributed by atoms with Crippen LogP contribution in [0.4, 0.5) is 10.5 Å². The molecule has 2 aromatic rings. The summed E-state index contributed by atoms with van der Waals surface area (Å²) in [4.78, 5) is 37.6. The highest BCUT2D eigenvalue weighted by molar-refractivity contribution is 6.09. The third-order valence-electron chi connectivity index (χ3n) is 4.55. The summed E-state index contributed by atoms with van der Waals surface area (Å²) >= 11 is 0. The van der Waals surface area contributed by atoms with E-state index in [9.17, 15) is 14.4 Å². The van der Waals surface area contributed by atoms with Crippen molar-refractivity contribution in [1.29, 1.82) is 0 Å². The highest BCUT2D eigenvalue weighted by atomic mass is 16.6. The molecule has 0 bridgehead atoms. The number of benzene rings is 2. The van der Waals surface area contributed by atoms with Crippen molar-refractivity contribution < 1.29 is 23.9 Å². The molecule has 4 rings (SSSR count). The Hall–Kier alpha value is -3.55. The smallest absolute Gasteiger partial charge is 0.328 e. The van der Waals surface area contributed by atoms with Gasteiger partial charge < -0.3 is 14.8 Å². The maximum Gasteiger partial charge on any atom is 0.328 e. The third-order valence-corrected chi connectivity index (χ3v) is 4.55. The largest absolute Gasteiger partial charge is 0.486 e. The Morgan fingerprint density at radius 1 is 1.11 bits per heavy atom. The van der Waals surface area contributed by atoms with Gasteiger partial charge in [-0.05, 0) is 24.3 Å². The minimum absolute atomic E-state index is 0.189. The lowest BCUT2D eigenvalue weighted by molar-refractivity contribution is -0.120. The first-order chi connectivity index (χ1) is 13.6. The number of hydrogen-bond acceptors (Lipinski definition) is 5. The number of anilines is 1. The van der Waals surface area contributed by atoms with Crippen LogP contribution >= 0.6 is 0 Å². The van der Waals surface area contributed by atoms with Gasteiger partial charge in [0.15, 0.2) is 11.5 Å². The topological polar surface area (TPSA) is 97.0 Å². The molecule has 2 aliphatic rings. The van der Waals surface area contributed by atoms with Crippen molar-refractivity contribution in [1.82, 2.24) is 10.6 Å². The fourth-order valence-electron chi connectivity index (χ4n) is 3.16. The first kappa shape index (κ1) is 17.8. The normalized spacial score (nSPS) is 18.4. The zero-order valence-corrected chi connectivity index (χ0v) is 15.0. The van der Waals surface area contributed by atoms with Crippen molar-refractivity contribution in [2.45, 2.75) is 12.5 Å². The van der Waals surface area contributed by atoms with Gasteiger partial charge in [-0.25, -0.2) is 4.79 Å². The zero-order valence-electron chi connectivity index (χ0n) is 15.0. The first-order valence-corrected chi connectivity index (χ1v) is 8.99. The predicted octanol–water partition coefficient (Wildman–Crippen LogP) is 1.70. The molecule has 1 atom stereocenters. The van der Waals surface area contributed by atoms with Crippen LogP contribution < -0.4 is 25.0 Å². The minimum Gasteiger partial charge on any atom is -0.486 e. The second kappa shape index (κ2) is 7.59. The van der Waals surface area contributed by atoms with Gasteiger partial charge >= 0.3 is 6.03 Å². The van der Waals surface area contributed by atoms with E-state index < -0.39 is 6.03 Å². The van der Waals surface area contributed by atoms with Crippen LogP contribution in [0.15, 0.2) is 48.5 Å². The van der Waals surface area contributed by atoms with Crippen molar-refractivity contribution in [3.05, 3.63) is 54.1 Å². The summed E-state index contributed by atoms with van der Waals surface area (Å²) in [6, 6.07) is 13.6. The second-order valence-electron chi connectivity index (χ2n) is 6.48. The Morgan fingerprint density at radius 2 is 1.86 bits per heavy atom. The summed E-state index contributed by atoms with van der Waals surface area (Å²) in [5.74, 6) is 0.671. The standard InChI is InChI=1S/C20H19N3O5/c24-18-9-10-23(20(26)22-18)15-6-2-1-5-14(15)19(25)21-11-13-12-27-16-7-3-4-8-17(16)28-13/h1-8,13H,9-12H2,(H,21,25)(H,22,24,26). The molecule has 0 spiro atoms. The Labute approximate surface area is 161 Å². The molecule has 144 valence electrons. The van der Waals surface area contributed by atoms with Gasteiger partial charge in [-0.2, -0.15) is 0 Å². The molecule has 8 nitrogen and oxygen atoms in total. The number of nitrogens with one attached hydrogen (secondary N) is 2. The maximum absolute atomic E-state index is 12.7. The molecule has 1 unspecified atom stereocenters. The quantitative estimate of drug-likeness (QED) is 0.840. The van der Waals surface area contributed by atoms with E-state index in [1.165, 1.54) is 4.90 Å². The van der Waals surface area contributed by atoms with E-state index in [4.69, 9.17) is 9.47 Å². The number of fused-ring (bicyclic) bond motifs is 1. The molecule has 1 fully saturated rings. The van der Waals surface area contributed by atoms with Crippen molar-refractivity contribution in [3.8, 4) is 11.5 Å². The van der Waals surface area contributed by atoms with Crippen LogP contribution in [0.3, 0.4) is 0 Å². The molecule has 2 heterocycles. The fourth-order valence-corrected chi connectivity index (χ4v) is 3.16. The van der Waals surface area contributed by atoms with Crippen LogP contribution in [-0.4, -0.2) is 43.6 Å². The lowest BCUT2D eigenvalue weighted by Gasteiger charge is -2.29. The number of urea groups is 1. The molecule has 0 radical (unpaired) electrons. The summed E-state index contributed by atoms with van der Waals surface area (Å²) in [7, 11) is 0. The molecule has 1 saturated heterocycles. The van der Waals surface area contributed by atoms with Crippen LogP contribution in [0.25, 0.3) is 0 Å². The van der Waals surface area contributed by atoms with E-state index in [2.05, 4.69) is 10.6 Å². The predicted molar refractivity (Wildman–Crippen MR) is 101 cm³/mol. The number of para-hydroxylation sites is 3. The Morgan fingerprint density at radius 3 is 2.68 bits per heavy atom. The number of rotatable bonds is 4. The van der Waals surface area contributed by atoms with E-state index in [1.807, 2.05) is 24.3 Å². The van der Waals surface area contributed by atoms with Gasteiger partial charge in [-0.1, -0.05) is 24.3 Å². The van der Waals surface area contributed by atoms with Gasteiger partial charge in [-0.3, -0.25) is 19.8 Å². The van der Waals surface area contributed by atoms with E-state index in [-0.39, 0.29) is 37.4 Å². The van der Waals surface area contributed by atoms with Crippen LogP contribution in [0, 0.1) is 0 Å². The summed E-state index contributed by atoms with van der Waals surface area (Å²) in [5.41, 5.74) is 0.806. The Bertz CT molecular complexity index is 930. The van der Waals surface area contributed by atoms with E-state index in [0.717, 1.165) is 0 Å². The maximum atomic E-state index is 12.7. The molecule has 2 aromatic carbocycles. The van der Waals surface area contributed by atoms with Crippen molar-refractivity contribution in [2.75, 3.05) is 24.6 Å². The molecule has 0 saturated carbocycles. The van der Waals surface area contributed by atoms with Crippen LogP contribution in [-0.2, 0) is 4.79 Å².